The molecule has 0 radical (unpaired) electrons. The third-order valence-corrected chi connectivity index (χ3v) is 26.6. The van der Waals surface area contributed by atoms with Crippen LogP contribution in [0, 0.1) is 5.92 Å². The summed E-state index contributed by atoms with van der Waals surface area (Å²) in [6.07, 6.45) is 1.20. The van der Waals surface area contributed by atoms with Crippen LogP contribution in [0.4, 0.5) is 0 Å². The summed E-state index contributed by atoms with van der Waals surface area (Å²) in [5, 5.41) is 3.21. The number of benzene rings is 2. The number of hydrogen-bond donors (Lipinski definition) is 1. The molecule has 0 heterocycles. The van der Waals surface area contributed by atoms with Gasteiger partial charge < -0.3 is 24.8 Å². The minimum Gasteiger partial charge on any atom is -1.00 e. The first-order valence-electron chi connectivity index (χ1n) is 10.6. The molecule has 1 N–H and O–H groups in total. The molecule has 2 aromatic carbocycles. The van der Waals surface area contributed by atoms with Crippen LogP contribution in [-0.4, -0.2) is 12.0 Å². The molecule has 1 nitrogen and oxygen atoms in total. The molecule has 30 heavy (non-hydrogen) atoms. The molecule has 0 spiro atoms. The maximum atomic E-state index is 4.28. The summed E-state index contributed by atoms with van der Waals surface area (Å²) in [4.78, 5) is 0. The number of allylic oxidation sites excluding steroid dienone is 4. The van der Waals surface area contributed by atoms with E-state index in [0.717, 1.165) is 0 Å². The molecule has 1 aliphatic rings. The molecule has 0 amide bonds. The zero-order chi connectivity index (χ0) is 20.3. The maximum absolute atomic E-state index is 4.28. The van der Waals surface area contributed by atoms with Crippen molar-refractivity contribution in [1.29, 1.82) is 0 Å². The zero-order valence-electron chi connectivity index (χ0n) is 19.0. The standard InChI is InChI=1S/C12H11Si.C9H13.C4H10N.2ClH.Zr/c1-3-7-11(8-4-1)13-12-9-5-2-6-10-12;1-6-5-7(2)9(4)8(6)3;1-3-4(2)5;;;/h1-10,13H;6H,1-4H3;4-5H,3H2,1-2H3;2*1H;/q;;-1;;;+3/p-2. The van der Waals surface area contributed by atoms with Crippen molar-refractivity contribution >= 4 is 16.3 Å². The molecule has 0 aliphatic heterocycles. The fourth-order valence-electron chi connectivity index (χ4n) is 4.30. The molecule has 161 valence electrons. The second kappa shape index (κ2) is 12.6. The minimum absolute atomic E-state index is 0. The number of nitrogens with one attached hydrogen (secondary N) is 1. The Balaban J connectivity index is 0.00000225. The first-order valence-corrected chi connectivity index (χ1v) is 19.0. The second-order valence-electron chi connectivity index (χ2n) is 8.19. The van der Waals surface area contributed by atoms with Gasteiger partial charge in [0.2, 0.25) is 0 Å². The first kappa shape index (κ1) is 27.6. The van der Waals surface area contributed by atoms with Gasteiger partial charge in [-0.3, -0.25) is 0 Å². The van der Waals surface area contributed by atoms with E-state index in [1.54, 1.807) is 27.1 Å². The number of rotatable bonds is 7. The maximum Gasteiger partial charge on any atom is -1.00 e. The molecule has 2 aromatic rings. The normalized spacial score (nSPS) is 17.0. The number of hydrogen-bond acceptors (Lipinski definition) is 1. The van der Waals surface area contributed by atoms with Crippen molar-refractivity contribution in [3.05, 3.63) is 80.7 Å². The summed E-state index contributed by atoms with van der Waals surface area (Å²) in [5.74, 6) is -0.714. The van der Waals surface area contributed by atoms with E-state index in [2.05, 4.69) is 105 Å². The molecule has 0 aromatic heterocycles. The third kappa shape index (κ3) is 5.87. The largest absolute Gasteiger partial charge is 1.00 e. The summed E-state index contributed by atoms with van der Waals surface area (Å²) in [7, 11) is 0. The van der Waals surface area contributed by atoms with Crippen molar-refractivity contribution in [2.45, 2.75) is 54.0 Å². The van der Waals surface area contributed by atoms with Crippen molar-refractivity contribution in [3.63, 3.8) is 0 Å². The van der Waals surface area contributed by atoms with Crippen LogP contribution in [-0.2, 0) is 21.2 Å². The van der Waals surface area contributed by atoms with Gasteiger partial charge in [0.1, 0.15) is 0 Å². The smallest absolute Gasteiger partial charge is 1.00 e. The van der Waals surface area contributed by atoms with E-state index in [1.165, 1.54) is 6.42 Å². The molecule has 0 bridgehead atoms. The average molecular weight is 539 g/mol. The van der Waals surface area contributed by atoms with Gasteiger partial charge in [-0.15, -0.1) is 0 Å². The molecule has 5 heteroatoms. The van der Waals surface area contributed by atoms with Gasteiger partial charge in [0, 0.05) is 0 Å². The van der Waals surface area contributed by atoms with E-state index in [0.29, 0.717) is 12.0 Å². The summed E-state index contributed by atoms with van der Waals surface area (Å²) < 4.78 is 6.10. The van der Waals surface area contributed by atoms with Gasteiger partial charge in [0.25, 0.3) is 0 Å². The molecular weight excluding hydrogens is 504 g/mol. The summed E-state index contributed by atoms with van der Waals surface area (Å²) in [5.41, 5.74) is 4.73. The van der Waals surface area contributed by atoms with Gasteiger partial charge in [-0.2, -0.15) is 0 Å². The SMILES string of the molecule is CCC(C)[NH][Zr+2]([C]1=C(C)C(C)=C(C)C1C)[SiH](c1ccccc1)c1ccccc1.[Cl-].[Cl-]. The second-order valence-corrected chi connectivity index (χ2v) is 22.1. The van der Waals surface area contributed by atoms with Crippen LogP contribution in [0.1, 0.15) is 48.0 Å². The Morgan fingerprint density at radius 1 is 0.867 bits per heavy atom. The van der Waals surface area contributed by atoms with Crippen LogP contribution in [0.5, 0.6) is 0 Å². The van der Waals surface area contributed by atoms with Crippen LogP contribution in [0.2, 0.25) is 0 Å². The molecule has 0 fully saturated rings. The summed E-state index contributed by atoms with van der Waals surface area (Å²) in [6.45, 7) is 14.2. The van der Waals surface area contributed by atoms with Gasteiger partial charge in [-0.05, 0) is 0 Å². The van der Waals surface area contributed by atoms with Crippen LogP contribution < -0.4 is 38.4 Å². The quantitative estimate of drug-likeness (QED) is 0.433. The molecular formula is C25H34Cl2NSiZr. The van der Waals surface area contributed by atoms with Crippen molar-refractivity contribution in [3.8, 4) is 0 Å². The monoisotopic (exact) mass is 536 g/mol. The Bertz CT molecular complexity index is 828. The Hall–Kier alpha value is -0.440. The predicted molar refractivity (Wildman–Crippen MR) is 122 cm³/mol. The Kier molecular flexibility index (Phi) is 11.6. The van der Waals surface area contributed by atoms with E-state index >= 15 is 0 Å². The van der Waals surface area contributed by atoms with Gasteiger partial charge >= 0.3 is 181 Å². The molecule has 2 unspecified atom stereocenters. The van der Waals surface area contributed by atoms with E-state index in [9.17, 15) is 0 Å². The van der Waals surface area contributed by atoms with Crippen LogP contribution in [0.25, 0.3) is 0 Å². The van der Waals surface area contributed by atoms with Crippen molar-refractivity contribution in [1.82, 2.24) is 3.26 Å². The topological polar surface area (TPSA) is 12.0 Å². The fraction of sp³-hybridized carbons (Fsp3) is 0.360. The Labute approximate surface area is 204 Å². The Morgan fingerprint density at radius 2 is 1.33 bits per heavy atom. The Morgan fingerprint density at radius 3 is 1.70 bits per heavy atom. The van der Waals surface area contributed by atoms with Crippen LogP contribution >= 0.6 is 0 Å². The van der Waals surface area contributed by atoms with E-state index in [4.69, 9.17) is 0 Å². The first-order chi connectivity index (χ1) is 13.5. The molecule has 0 saturated carbocycles. The van der Waals surface area contributed by atoms with Gasteiger partial charge in [0.05, 0.1) is 0 Å². The van der Waals surface area contributed by atoms with Gasteiger partial charge in [-0.25, -0.2) is 0 Å². The minimum atomic E-state index is -2.15. The number of halogens is 2. The van der Waals surface area contributed by atoms with Gasteiger partial charge in [0.15, 0.2) is 0 Å². The molecule has 1 aliphatic carbocycles. The van der Waals surface area contributed by atoms with E-state index < -0.39 is 27.1 Å². The average Bonchev–Trinajstić information content (AvgIpc) is 2.92. The van der Waals surface area contributed by atoms with Crippen molar-refractivity contribution in [2.75, 3.05) is 0 Å². The zero-order valence-corrected chi connectivity index (χ0v) is 24.1. The predicted octanol–water partition coefficient (Wildman–Crippen LogP) is -1.29. The van der Waals surface area contributed by atoms with Crippen LogP contribution in [0.15, 0.2) is 80.7 Å². The molecule has 3 rings (SSSR count). The van der Waals surface area contributed by atoms with E-state index in [-0.39, 0.29) is 24.8 Å². The van der Waals surface area contributed by atoms with Crippen LogP contribution in [0.3, 0.4) is 0 Å². The molecule has 2 atom stereocenters. The fourth-order valence-corrected chi connectivity index (χ4v) is 28.1. The van der Waals surface area contributed by atoms with Gasteiger partial charge in [-0.1, -0.05) is 0 Å². The molecule has 0 saturated heterocycles. The van der Waals surface area contributed by atoms with Crippen molar-refractivity contribution < 1.29 is 46.0 Å². The third-order valence-electron chi connectivity index (χ3n) is 6.50. The summed E-state index contributed by atoms with van der Waals surface area (Å²) in [6, 6.07) is 23.4. The van der Waals surface area contributed by atoms with E-state index in [1.807, 2.05) is 3.28 Å². The van der Waals surface area contributed by atoms with Crippen molar-refractivity contribution in [2.24, 2.45) is 5.92 Å². The summed E-state index contributed by atoms with van der Waals surface area (Å²) >= 11 is -2.15.